The summed E-state index contributed by atoms with van der Waals surface area (Å²) in [7, 11) is 3.53. The lowest BCUT2D eigenvalue weighted by atomic mass is 9.89. The first-order valence-corrected chi connectivity index (χ1v) is 7.75. The number of piperidine rings is 1. The maximum Gasteiger partial charge on any atom is 0.122 e. The monoisotopic (exact) mass is 313 g/mol. The van der Waals surface area contributed by atoms with Crippen LogP contribution >= 0.6 is 12.4 Å². The molecule has 0 aliphatic carbocycles. The lowest BCUT2D eigenvalue weighted by Gasteiger charge is -2.26. The zero-order valence-electron chi connectivity index (χ0n) is 13.4. The Balaban J connectivity index is 0.00000220. The Hall–Kier alpha value is -0.930. The summed E-state index contributed by atoms with van der Waals surface area (Å²) in [5.74, 6) is 2.57. The molecular formula is C17H28ClNO2. The largest absolute Gasteiger partial charge is 0.496 e. The quantitative estimate of drug-likeness (QED) is 0.863. The summed E-state index contributed by atoms with van der Waals surface area (Å²) in [6.07, 6.45) is 5.89. The van der Waals surface area contributed by atoms with Gasteiger partial charge in [0.2, 0.25) is 0 Å². The summed E-state index contributed by atoms with van der Waals surface area (Å²) in [5, 5.41) is 3.47. The van der Waals surface area contributed by atoms with E-state index in [0.29, 0.717) is 5.92 Å². The van der Waals surface area contributed by atoms with Gasteiger partial charge in [0.1, 0.15) is 11.5 Å². The molecule has 0 unspecified atom stereocenters. The van der Waals surface area contributed by atoms with Crippen molar-refractivity contribution in [3.05, 3.63) is 23.3 Å². The van der Waals surface area contributed by atoms with Gasteiger partial charge < -0.3 is 14.8 Å². The van der Waals surface area contributed by atoms with Crippen LogP contribution < -0.4 is 14.8 Å². The summed E-state index contributed by atoms with van der Waals surface area (Å²) in [6, 6.07) is 4.37. The Labute approximate surface area is 134 Å². The molecule has 0 spiro atoms. The van der Waals surface area contributed by atoms with Crippen LogP contribution in [0.5, 0.6) is 11.5 Å². The zero-order chi connectivity index (χ0) is 14.4. The van der Waals surface area contributed by atoms with Gasteiger partial charge in [-0.2, -0.15) is 0 Å². The summed E-state index contributed by atoms with van der Waals surface area (Å²) in [6.45, 7) is 4.38. The van der Waals surface area contributed by atoms with E-state index in [1.807, 2.05) is 0 Å². The second-order valence-electron chi connectivity index (χ2n) is 5.55. The minimum atomic E-state index is 0. The molecule has 1 aromatic rings. The average molecular weight is 314 g/mol. The molecule has 0 aromatic heterocycles. The maximum absolute atomic E-state index is 5.64. The molecule has 1 atom stereocenters. The van der Waals surface area contributed by atoms with Gasteiger partial charge >= 0.3 is 0 Å². The Morgan fingerprint density at radius 2 is 1.95 bits per heavy atom. The SMILES string of the molecule is CCCCc1cc(OC)c([C@H]2CCCNC2)cc1OC.Cl. The number of nitrogens with one attached hydrogen (secondary N) is 1. The van der Waals surface area contributed by atoms with Crippen molar-refractivity contribution in [2.75, 3.05) is 27.3 Å². The van der Waals surface area contributed by atoms with E-state index in [2.05, 4.69) is 24.4 Å². The molecule has 0 saturated carbocycles. The fourth-order valence-corrected chi connectivity index (χ4v) is 2.98. The number of rotatable bonds is 6. The fourth-order valence-electron chi connectivity index (χ4n) is 2.98. The van der Waals surface area contributed by atoms with E-state index in [-0.39, 0.29) is 12.4 Å². The normalized spacial score (nSPS) is 18.0. The minimum Gasteiger partial charge on any atom is -0.496 e. The molecule has 2 rings (SSSR count). The Morgan fingerprint density at radius 1 is 1.19 bits per heavy atom. The zero-order valence-corrected chi connectivity index (χ0v) is 14.2. The Bertz CT molecular complexity index is 431. The third-order valence-corrected chi connectivity index (χ3v) is 4.17. The molecule has 1 saturated heterocycles. The Kier molecular flexibility index (Phi) is 7.91. The highest BCUT2D eigenvalue weighted by Gasteiger charge is 2.21. The number of aryl methyl sites for hydroxylation is 1. The number of hydrogen-bond acceptors (Lipinski definition) is 3. The van der Waals surface area contributed by atoms with Crippen molar-refractivity contribution in [2.24, 2.45) is 0 Å². The molecule has 0 bridgehead atoms. The van der Waals surface area contributed by atoms with Crippen LogP contribution in [-0.2, 0) is 6.42 Å². The third kappa shape index (κ3) is 4.52. The molecule has 1 aliphatic heterocycles. The molecule has 1 aliphatic rings. The van der Waals surface area contributed by atoms with Crippen LogP contribution in [0.4, 0.5) is 0 Å². The molecule has 120 valence electrons. The smallest absolute Gasteiger partial charge is 0.122 e. The number of ether oxygens (including phenoxy) is 2. The van der Waals surface area contributed by atoms with Crippen LogP contribution in [0.15, 0.2) is 12.1 Å². The second kappa shape index (κ2) is 9.16. The van der Waals surface area contributed by atoms with Crippen molar-refractivity contribution in [3.63, 3.8) is 0 Å². The number of unbranched alkanes of at least 4 members (excludes halogenated alkanes) is 1. The van der Waals surface area contributed by atoms with Crippen LogP contribution in [0.2, 0.25) is 0 Å². The predicted octanol–water partition coefficient (Wildman–Crippen LogP) is 3.94. The summed E-state index contributed by atoms with van der Waals surface area (Å²) < 4.78 is 11.2. The van der Waals surface area contributed by atoms with Crippen molar-refractivity contribution in [2.45, 2.75) is 44.9 Å². The van der Waals surface area contributed by atoms with E-state index in [1.54, 1.807) is 14.2 Å². The predicted molar refractivity (Wildman–Crippen MR) is 90.3 cm³/mol. The number of halogens is 1. The van der Waals surface area contributed by atoms with E-state index in [4.69, 9.17) is 9.47 Å². The van der Waals surface area contributed by atoms with Crippen molar-refractivity contribution in [1.29, 1.82) is 0 Å². The van der Waals surface area contributed by atoms with Gasteiger partial charge in [0.25, 0.3) is 0 Å². The highest BCUT2D eigenvalue weighted by Crippen LogP contribution is 2.36. The number of benzene rings is 1. The van der Waals surface area contributed by atoms with Crippen LogP contribution in [-0.4, -0.2) is 27.3 Å². The molecule has 0 amide bonds. The van der Waals surface area contributed by atoms with Crippen LogP contribution in [0, 0.1) is 0 Å². The first kappa shape index (κ1) is 18.1. The second-order valence-corrected chi connectivity index (χ2v) is 5.55. The summed E-state index contributed by atoms with van der Waals surface area (Å²) in [4.78, 5) is 0. The average Bonchev–Trinajstić information content (AvgIpc) is 2.52. The first-order chi connectivity index (χ1) is 9.80. The van der Waals surface area contributed by atoms with Crippen molar-refractivity contribution in [1.82, 2.24) is 5.32 Å². The van der Waals surface area contributed by atoms with Crippen molar-refractivity contribution >= 4 is 12.4 Å². The van der Waals surface area contributed by atoms with E-state index in [0.717, 1.165) is 31.0 Å². The van der Waals surface area contributed by atoms with Gasteiger partial charge in [-0.05, 0) is 49.9 Å². The lowest BCUT2D eigenvalue weighted by molar-refractivity contribution is 0.381. The van der Waals surface area contributed by atoms with Crippen LogP contribution in [0.25, 0.3) is 0 Å². The first-order valence-electron chi connectivity index (χ1n) is 7.75. The van der Waals surface area contributed by atoms with Crippen molar-refractivity contribution < 1.29 is 9.47 Å². The Morgan fingerprint density at radius 3 is 2.52 bits per heavy atom. The van der Waals surface area contributed by atoms with Gasteiger partial charge in [0.15, 0.2) is 0 Å². The summed E-state index contributed by atoms with van der Waals surface area (Å²) in [5.41, 5.74) is 2.55. The van der Waals surface area contributed by atoms with Crippen LogP contribution in [0.3, 0.4) is 0 Å². The van der Waals surface area contributed by atoms with Crippen molar-refractivity contribution in [3.8, 4) is 11.5 Å². The fraction of sp³-hybridized carbons (Fsp3) is 0.647. The topological polar surface area (TPSA) is 30.5 Å². The van der Waals surface area contributed by atoms with E-state index in [1.165, 1.54) is 36.8 Å². The molecule has 21 heavy (non-hydrogen) atoms. The minimum absolute atomic E-state index is 0. The molecule has 1 aromatic carbocycles. The molecule has 3 nitrogen and oxygen atoms in total. The molecule has 1 fully saturated rings. The van der Waals surface area contributed by atoms with Gasteiger partial charge in [0, 0.05) is 18.0 Å². The van der Waals surface area contributed by atoms with Gasteiger partial charge in [-0.25, -0.2) is 0 Å². The van der Waals surface area contributed by atoms with Crippen LogP contribution in [0.1, 0.15) is 49.7 Å². The van der Waals surface area contributed by atoms with Gasteiger partial charge in [-0.3, -0.25) is 0 Å². The maximum atomic E-state index is 5.64. The van der Waals surface area contributed by atoms with Gasteiger partial charge in [-0.1, -0.05) is 13.3 Å². The molecular weight excluding hydrogens is 286 g/mol. The van der Waals surface area contributed by atoms with E-state index < -0.39 is 0 Å². The van der Waals surface area contributed by atoms with Gasteiger partial charge in [-0.15, -0.1) is 12.4 Å². The van der Waals surface area contributed by atoms with Gasteiger partial charge in [0.05, 0.1) is 14.2 Å². The van der Waals surface area contributed by atoms with E-state index >= 15 is 0 Å². The molecule has 1 N–H and O–H groups in total. The lowest BCUT2D eigenvalue weighted by Crippen LogP contribution is -2.28. The number of methoxy groups -OCH3 is 2. The highest BCUT2D eigenvalue weighted by atomic mass is 35.5. The molecule has 1 heterocycles. The summed E-state index contributed by atoms with van der Waals surface area (Å²) >= 11 is 0. The van der Waals surface area contributed by atoms with E-state index in [9.17, 15) is 0 Å². The molecule has 0 radical (unpaired) electrons. The molecule has 4 heteroatoms. The standard InChI is InChI=1S/C17H27NO2.ClH/c1-4-5-7-13-10-17(20-3)15(11-16(13)19-2)14-8-6-9-18-12-14;/h10-11,14,18H,4-9,12H2,1-3H3;1H/t14-;/m0./s1. The highest BCUT2D eigenvalue weighted by molar-refractivity contribution is 5.85. The third-order valence-electron chi connectivity index (χ3n) is 4.17. The number of hydrogen-bond donors (Lipinski definition) is 1.